The maximum atomic E-state index is 11.0. The summed E-state index contributed by atoms with van der Waals surface area (Å²) in [5, 5.41) is 6.83. The molecule has 0 spiro atoms. The Kier molecular flexibility index (Phi) is 7.79. The lowest BCUT2D eigenvalue weighted by atomic mass is 10.2. The third-order valence-electron chi connectivity index (χ3n) is 2.46. The molecule has 0 aromatic carbocycles. The second kappa shape index (κ2) is 9.58. The van der Waals surface area contributed by atoms with Gasteiger partial charge in [0.25, 0.3) is 0 Å². The molecular weight excluding hydrogens is 234 g/mol. The molecule has 0 radical (unpaired) electrons. The van der Waals surface area contributed by atoms with Crippen LogP contribution in [0, 0.1) is 0 Å². The third kappa shape index (κ3) is 7.01. The van der Waals surface area contributed by atoms with E-state index in [-0.39, 0.29) is 5.97 Å². The molecule has 0 fully saturated rings. The van der Waals surface area contributed by atoms with Gasteiger partial charge in [-0.05, 0) is 26.3 Å². The molecule has 0 unspecified atom stereocenters. The van der Waals surface area contributed by atoms with Gasteiger partial charge in [0.1, 0.15) is 0 Å². The minimum Gasteiger partial charge on any atom is -0.466 e. The number of hydrogen-bond donors (Lipinski definition) is 1. The molecule has 0 saturated heterocycles. The van der Waals surface area contributed by atoms with E-state index in [9.17, 15) is 4.79 Å². The molecule has 0 amide bonds. The van der Waals surface area contributed by atoms with Crippen molar-refractivity contribution in [1.82, 2.24) is 15.5 Å². The topological polar surface area (TPSA) is 77.2 Å². The summed E-state index contributed by atoms with van der Waals surface area (Å²) in [4.78, 5) is 15.0. The van der Waals surface area contributed by atoms with Gasteiger partial charge in [0.2, 0.25) is 5.89 Å². The Bertz CT molecular complexity index is 314. The van der Waals surface area contributed by atoms with E-state index in [1.165, 1.54) is 6.33 Å². The van der Waals surface area contributed by atoms with Crippen molar-refractivity contribution >= 4 is 5.97 Å². The molecule has 6 heteroatoms. The van der Waals surface area contributed by atoms with Crippen molar-refractivity contribution in [2.45, 2.75) is 39.0 Å². The number of ether oxygens (including phenoxy) is 1. The van der Waals surface area contributed by atoms with Gasteiger partial charge in [-0.3, -0.25) is 4.79 Å². The Morgan fingerprint density at radius 1 is 1.39 bits per heavy atom. The van der Waals surface area contributed by atoms with Gasteiger partial charge < -0.3 is 14.6 Å². The molecular formula is C12H21N3O3. The van der Waals surface area contributed by atoms with E-state index in [1.54, 1.807) is 0 Å². The van der Waals surface area contributed by atoms with Crippen LogP contribution in [0.15, 0.2) is 10.9 Å². The molecule has 0 atom stereocenters. The number of esters is 1. The maximum Gasteiger partial charge on any atom is 0.305 e. The summed E-state index contributed by atoms with van der Waals surface area (Å²) < 4.78 is 9.73. The lowest BCUT2D eigenvalue weighted by Gasteiger charge is -2.03. The Morgan fingerprint density at radius 3 is 3.00 bits per heavy atom. The number of hydrogen-bond acceptors (Lipinski definition) is 6. The van der Waals surface area contributed by atoms with Crippen LogP contribution >= 0.6 is 0 Å². The van der Waals surface area contributed by atoms with Gasteiger partial charge in [-0.2, -0.15) is 4.98 Å². The van der Waals surface area contributed by atoms with Gasteiger partial charge in [0.15, 0.2) is 6.33 Å². The van der Waals surface area contributed by atoms with Gasteiger partial charge in [-0.1, -0.05) is 11.6 Å². The van der Waals surface area contributed by atoms with Crippen LogP contribution in [0.2, 0.25) is 0 Å². The van der Waals surface area contributed by atoms with Crippen LogP contribution in [-0.4, -0.2) is 35.8 Å². The van der Waals surface area contributed by atoms with Crippen LogP contribution in [0.1, 0.15) is 38.5 Å². The lowest BCUT2D eigenvalue weighted by Crippen LogP contribution is -2.18. The monoisotopic (exact) mass is 255 g/mol. The molecule has 1 aromatic heterocycles. The highest BCUT2D eigenvalue weighted by Crippen LogP contribution is 2.00. The molecule has 1 aromatic rings. The minimum absolute atomic E-state index is 0.0955. The molecule has 0 aliphatic heterocycles. The van der Waals surface area contributed by atoms with Gasteiger partial charge >= 0.3 is 5.97 Å². The molecule has 0 aliphatic carbocycles. The highest BCUT2D eigenvalue weighted by atomic mass is 16.5. The van der Waals surface area contributed by atoms with E-state index in [2.05, 4.69) is 15.5 Å². The molecule has 0 bridgehead atoms. The van der Waals surface area contributed by atoms with Crippen molar-refractivity contribution in [2.24, 2.45) is 0 Å². The number of rotatable bonds is 10. The molecule has 102 valence electrons. The maximum absolute atomic E-state index is 11.0. The summed E-state index contributed by atoms with van der Waals surface area (Å²) >= 11 is 0. The predicted molar refractivity (Wildman–Crippen MR) is 66.0 cm³/mol. The van der Waals surface area contributed by atoms with E-state index in [4.69, 9.17) is 9.26 Å². The van der Waals surface area contributed by atoms with E-state index in [1.807, 2.05) is 6.92 Å². The van der Waals surface area contributed by atoms with Crippen molar-refractivity contribution in [3.8, 4) is 0 Å². The second-order valence-electron chi connectivity index (χ2n) is 3.95. The first-order chi connectivity index (χ1) is 8.83. The Balaban J connectivity index is 1.83. The predicted octanol–water partition coefficient (Wildman–Crippen LogP) is 1.33. The fourth-order valence-electron chi connectivity index (χ4n) is 1.56. The zero-order chi connectivity index (χ0) is 13.1. The summed E-state index contributed by atoms with van der Waals surface area (Å²) in [6.45, 7) is 4.07. The molecule has 0 saturated carbocycles. The average Bonchev–Trinajstić information content (AvgIpc) is 2.86. The van der Waals surface area contributed by atoms with Gasteiger partial charge in [-0.25, -0.2) is 0 Å². The number of nitrogens with one attached hydrogen (secondary N) is 1. The zero-order valence-corrected chi connectivity index (χ0v) is 10.9. The fourth-order valence-corrected chi connectivity index (χ4v) is 1.56. The molecule has 1 heterocycles. The summed E-state index contributed by atoms with van der Waals surface area (Å²) in [6.07, 6.45) is 5.67. The zero-order valence-electron chi connectivity index (χ0n) is 10.9. The van der Waals surface area contributed by atoms with Crippen LogP contribution in [0.25, 0.3) is 0 Å². The van der Waals surface area contributed by atoms with Crippen molar-refractivity contribution in [2.75, 3.05) is 19.7 Å². The Labute approximate surface area is 107 Å². The normalized spacial score (nSPS) is 10.5. The average molecular weight is 255 g/mol. The van der Waals surface area contributed by atoms with Gasteiger partial charge in [-0.15, -0.1) is 0 Å². The first-order valence-corrected chi connectivity index (χ1v) is 6.44. The largest absolute Gasteiger partial charge is 0.466 e. The van der Waals surface area contributed by atoms with Crippen LogP contribution in [0.5, 0.6) is 0 Å². The summed E-state index contributed by atoms with van der Waals surface area (Å²) in [5.74, 6) is 0.562. The fraction of sp³-hybridized carbons (Fsp3) is 0.750. The van der Waals surface area contributed by atoms with Crippen LogP contribution in [0.3, 0.4) is 0 Å². The number of aromatic nitrogens is 2. The SMILES string of the molecule is CCOC(=O)CCCCCNCCc1ncno1. The van der Waals surface area contributed by atoms with Crippen LogP contribution < -0.4 is 5.32 Å². The highest BCUT2D eigenvalue weighted by Gasteiger charge is 2.01. The smallest absolute Gasteiger partial charge is 0.305 e. The van der Waals surface area contributed by atoms with E-state index >= 15 is 0 Å². The molecule has 1 rings (SSSR count). The number of unbranched alkanes of at least 4 members (excludes halogenated alkanes) is 2. The van der Waals surface area contributed by atoms with E-state index in [0.717, 1.165) is 38.8 Å². The first kappa shape index (κ1) is 14.6. The van der Waals surface area contributed by atoms with Gasteiger partial charge in [0, 0.05) is 19.4 Å². The number of nitrogens with zero attached hydrogens (tertiary/aromatic N) is 2. The quantitative estimate of drug-likeness (QED) is 0.502. The van der Waals surface area contributed by atoms with Gasteiger partial charge in [0.05, 0.1) is 6.61 Å². The van der Waals surface area contributed by atoms with Crippen LogP contribution in [0.4, 0.5) is 0 Å². The van der Waals surface area contributed by atoms with Crippen molar-refractivity contribution in [1.29, 1.82) is 0 Å². The molecule has 6 nitrogen and oxygen atoms in total. The number of carbonyl (C=O) groups excluding carboxylic acids is 1. The van der Waals surface area contributed by atoms with Crippen molar-refractivity contribution in [3.05, 3.63) is 12.2 Å². The summed E-state index contributed by atoms with van der Waals surface area (Å²) in [6, 6.07) is 0. The second-order valence-corrected chi connectivity index (χ2v) is 3.95. The first-order valence-electron chi connectivity index (χ1n) is 6.44. The van der Waals surface area contributed by atoms with E-state index in [0.29, 0.717) is 18.9 Å². The van der Waals surface area contributed by atoms with Crippen molar-refractivity contribution in [3.63, 3.8) is 0 Å². The summed E-state index contributed by atoms with van der Waals surface area (Å²) in [5.41, 5.74) is 0. The molecule has 1 N–H and O–H groups in total. The summed E-state index contributed by atoms with van der Waals surface area (Å²) in [7, 11) is 0. The standard InChI is InChI=1S/C12H21N3O3/c1-2-17-12(16)6-4-3-5-8-13-9-7-11-14-10-15-18-11/h10,13H,2-9H2,1H3. The minimum atomic E-state index is -0.0955. The third-order valence-corrected chi connectivity index (χ3v) is 2.46. The lowest BCUT2D eigenvalue weighted by molar-refractivity contribution is -0.143. The highest BCUT2D eigenvalue weighted by molar-refractivity contribution is 5.69. The Morgan fingerprint density at radius 2 is 2.28 bits per heavy atom. The molecule has 18 heavy (non-hydrogen) atoms. The van der Waals surface area contributed by atoms with E-state index < -0.39 is 0 Å². The molecule has 0 aliphatic rings. The Hall–Kier alpha value is -1.43. The van der Waals surface area contributed by atoms with Crippen molar-refractivity contribution < 1.29 is 14.1 Å². The van der Waals surface area contributed by atoms with Crippen LogP contribution in [-0.2, 0) is 16.0 Å². The number of carbonyl (C=O) groups is 1.